The lowest BCUT2D eigenvalue weighted by atomic mass is 10.0. The molecule has 0 radical (unpaired) electrons. The first-order chi connectivity index (χ1) is 7.70. The van der Waals surface area contributed by atoms with E-state index in [1.165, 1.54) is 19.2 Å². The van der Waals surface area contributed by atoms with Crippen molar-refractivity contribution < 1.29 is 18.7 Å². The van der Waals surface area contributed by atoms with Crippen LogP contribution in [0.5, 0.6) is 5.75 Å². The number of carbonyl (C=O) groups excluding carboxylic acids is 1. The average molecular weight is 225 g/mol. The molecular formula is C11H12FNO3. The summed E-state index contributed by atoms with van der Waals surface area (Å²) in [5.41, 5.74) is 0.650. The van der Waals surface area contributed by atoms with E-state index in [9.17, 15) is 9.18 Å². The second-order valence-corrected chi connectivity index (χ2v) is 3.51. The first-order valence-corrected chi connectivity index (χ1v) is 4.97. The zero-order valence-corrected chi connectivity index (χ0v) is 8.83. The van der Waals surface area contributed by atoms with Crippen molar-refractivity contribution in [1.29, 1.82) is 0 Å². The maximum Gasteiger partial charge on any atom is 0.407 e. The Morgan fingerprint density at radius 3 is 3.19 bits per heavy atom. The molecule has 0 aromatic heterocycles. The van der Waals surface area contributed by atoms with Crippen LogP contribution in [0.2, 0.25) is 0 Å². The summed E-state index contributed by atoms with van der Waals surface area (Å²) in [7, 11) is 1.29. The lowest BCUT2D eigenvalue weighted by Crippen LogP contribution is -2.32. The molecule has 0 saturated heterocycles. The van der Waals surface area contributed by atoms with E-state index in [-0.39, 0.29) is 11.9 Å². The lowest BCUT2D eigenvalue weighted by Gasteiger charge is -2.26. The van der Waals surface area contributed by atoms with Gasteiger partial charge in [0.1, 0.15) is 11.6 Å². The van der Waals surface area contributed by atoms with Crippen LogP contribution in [0.3, 0.4) is 0 Å². The molecule has 1 atom stereocenters. The summed E-state index contributed by atoms with van der Waals surface area (Å²) in [4.78, 5) is 11.1. The van der Waals surface area contributed by atoms with Crippen LogP contribution in [0.4, 0.5) is 9.18 Å². The number of hydrogen-bond donors (Lipinski definition) is 1. The van der Waals surface area contributed by atoms with Crippen LogP contribution in [0.25, 0.3) is 0 Å². The smallest absolute Gasteiger partial charge is 0.407 e. The van der Waals surface area contributed by atoms with Crippen molar-refractivity contribution >= 4 is 6.09 Å². The second-order valence-electron chi connectivity index (χ2n) is 3.51. The number of ether oxygens (including phenoxy) is 2. The van der Waals surface area contributed by atoms with Crippen LogP contribution >= 0.6 is 0 Å². The number of rotatable bonds is 1. The fourth-order valence-electron chi connectivity index (χ4n) is 1.72. The van der Waals surface area contributed by atoms with E-state index in [1.54, 1.807) is 6.07 Å². The quantitative estimate of drug-likeness (QED) is 0.795. The summed E-state index contributed by atoms with van der Waals surface area (Å²) in [6.45, 7) is 0.493. The van der Waals surface area contributed by atoms with Crippen molar-refractivity contribution in [3.63, 3.8) is 0 Å². The van der Waals surface area contributed by atoms with E-state index in [4.69, 9.17) is 4.74 Å². The normalized spacial score (nSPS) is 18.2. The fraction of sp³-hybridized carbons (Fsp3) is 0.364. The van der Waals surface area contributed by atoms with E-state index in [0.29, 0.717) is 24.3 Å². The monoisotopic (exact) mass is 225 g/mol. The van der Waals surface area contributed by atoms with Crippen molar-refractivity contribution in [2.24, 2.45) is 0 Å². The van der Waals surface area contributed by atoms with Gasteiger partial charge in [0.2, 0.25) is 0 Å². The molecule has 1 amide bonds. The van der Waals surface area contributed by atoms with Gasteiger partial charge < -0.3 is 14.8 Å². The van der Waals surface area contributed by atoms with Gasteiger partial charge in [-0.25, -0.2) is 9.18 Å². The van der Waals surface area contributed by atoms with E-state index in [0.717, 1.165) is 0 Å². The molecule has 1 aliphatic rings. The lowest BCUT2D eigenvalue weighted by molar-refractivity contribution is 0.160. The van der Waals surface area contributed by atoms with Gasteiger partial charge in [-0.15, -0.1) is 0 Å². The predicted octanol–water partition coefficient (Wildman–Crippen LogP) is 2.01. The van der Waals surface area contributed by atoms with Crippen molar-refractivity contribution in [3.05, 3.63) is 29.6 Å². The van der Waals surface area contributed by atoms with Gasteiger partial charge in [0.25, 0.3) is 0 Å². The maximum absolute atomic E-state index is 13.1. The standard InChI is InChI=1S/C11H12FNO3/c1-15-11(14)13-9-4-5-16-10-3-2-7(12)6-8(9)10/h2-3,6,9H,4-5H2,1H3,(H,13,14). The van der Waals surface area contributed by atoms with Gasteiger partial charge in [-0.3, -0.25) is 0 Å². The number of alkyl carbamates (subject to hydrolysis) is 1. The van der Waals surface area contributed by atoms with Gasteiger partial charge >= 0.3 is 6.09 Å². The summed E-state index contributed by atoms with van der Waals surface area (Å²) < 4.78 is 23.0. The zero-order chi connectivity index (χ0) is 11.5. The van der Waals surface area contributed by atoms with Crippen LogP contribution in [0.1, 0.15) is 18.0 Å². The molecule has 0 saturated carbocycles. The highest BCUT2D eigenvalue weighted by atomic mass is 19.1. The number of carbonyl (C=O) groups is 1. The van der Waals surface area contributed by atoms with Gasteiger partial charge in [-0.2, -0.15) is 0 Å². The molecular weight excluding hydrogens is 213 g/mol. The maximum atomic E-state index is 13.1. The molecule has 1 unspecified atom stereocenters. The van der Waals surface area contributed by atoms with Gasteiger partial charge in [0.15, 0.2) is 0 Å². The molecule has 0 bridgehead atoms. The Kier molecular flexibility index (Phi) is 2.94. The zero-order valence-electron chi connectivity index (χ0n) is 8.83. The topological polar surface area (TPSA) is 47.6 Å². The van der Waals surface area contributed by atoms with Gasteiger partial charge in [-0.05, 0) is 18.2 Å². The summed E-state index contributed by atoms with van der Waals surface area (Å²) in [6.07, 6.45) is 0.0769. The van der Waals surface area contributed by atoms with Crippen molar-refractivity contribution in [2.75, 3.05) is 13.7 Å². The molecule has 0 fully saturated rings. The third-order valence-corrected chi connectivity index (χ3v) is 2.49. The summed E-state index contributed by atoms with van der Waals surface area (Å²) in [6, 6.07) is 4.01. The molecule has 16 heavy (non-hydrogen) atoms. The number of halogens is 1. The third-order valence-electron chi connectivity index (χ3n) is 2.49. The number of nitrogens with one attached hydrogen (secondary N) is 1. The van der Waals surface area contributed by atoms with Crippen LogP contribution in [0, 0.1) is 5.82 Å². The van der Waals surface area contributed by atoms with Crippen LogP contribution in [0.15, 0.2) is 18.2 Å². The number of methoxy groups -OCH3 is 1. The number of benzene rings is 1. The number of fused-ring (bicyclic) bond motifs is 1. The van der Waals surface area contributed by atoms with Crippen LogP contribution < -0.4 is 10.1 Å². The van der Waals surface area contributed by atoms with Crippen LogP contribution in [-0.4, -0.2) is 19.8 Å². The first kappa shape index (κ1) is 10.7. The number of hydrogen-bond acceptors (Lipinski definition) is 3. The van der Waals surface area contributed by atoms with E-state index in [2.05, 4.69) is 10.1 Å². The molecule has 1 heterocycles. The van der Waals surface area contributed by atoms with E-state index in [1.807, 2.05) is 0 Å². The third kappa shape index (κ3) is 2.08. The molecule has 4 nitrogen and oxygen atoms in total. The summed E-state index contributed by atoms with van der Waals surface area (Å²) in [5.74, 6) is 0.259. The van der Waals surface area contributed by atoms with Crippen molar-refractivity contribution in [2.45, 2.75) is 12.5 Å². The Hall–Kier alpha value is -1.78. The fourth-order valence-corrected chi connectivity index (χ4v) is 1.72. The second kappa shape index (κ2) is 4.38. The Bertz CT molecular complexity index is 408. The van der Waals surface area contributed by atoms with Crippen molar-refractivity contribution in [1.82, 2.24) is 5.32 Å². The van der Waals surface area contributed by atoms with Crippen molar-refractivity contribution in [3.8, 4) is 5.75 Å². The molecule has 0 aliphatic carbocycles. The van der Waals surface area contributed by atoms with Gasteiger partial charge in [0.05, 0.1) is 19.8 Å². The van der Waals surface area contributed by atoms with E-state index >= 15 is 0 Å². The summed E-state index contributed by atoms with van der Waals surface area (Å²) in [5, 5.41) is 2.64. The minimum absolute atomic E-state index is 0.258. The molecule has 1 aromatic rings. The minimum atomic E-state index is -0.526. The Balaban J connectivity index is 2.24. The first-order valence-electron chi connectivity index (χ1n) is 4.97. The SMILES string of the molecule is COC(=O)NC1CCOc2ccc(F)cc21. The van der Waals surface area contributed by atoms with Gasteiger partial charge in [-0.1, -0.05) is 0 Å². The molecule has 2 rings (SSSR count). The Labute approximate surface area is 92.4 Å². The Morgan fingerprint density at radius 1 is 1.62 bits per heavy atom. The molecule has 1 N–H and O–H groups in total. The average Bonchev–Trinajstić information content (AvgIpc) is 2.29. The van der Waals surface area contributed by atoms with Gasteiger partial charge in [0, 0.05) is 12.0 Å². The summed E-state index contributed by atoms with van der Waals surface area (Å²) >= 11 is 0. The predicted molar refractivity (Wildman–Crippen MR) is 54.8 cm³/mol. The Morgan fingerprint density at radius 2 is 2.44 bits per heavy atom. The highest BCUT2D eigenvalue weighted by molar-refractivity contribution is 5.68. The molecule has 86 valence electrons. The highest BCUT2D eigenvalue weighted by Crippen LogP contribution is 2.32. The number of amides is 1. The molecule has 1 aromatic carbocycles. The molecule has 1 aliphatic heterocycles. The molecule has 0 spiro atoms. The highest BCUT2D eigenvalue weighted by Gasteiger charge is 2.23. The van der Waals surface area contributed by atoms with Crippen LogP contribution in [-0.2, 0) is 4.74 Å². The van der Waals surface area contributed by atoms with E-state index < -0.39 is 6.09 Å². The largest absolute Gasteiger partial charge is 0.493 e. The minimum Gasteiger partial charge on any atom is -0.493 e. The molecule has 5 heteroatoms.